The van der Waals surface area contributed by atoms with E-state index in [-0.39, 0.29) is 73.9 Å². The fraction of sp³-hybridized carbons (Fsp3) is 0.182. The summed E-state index contributed by atoms with van der Waals surface area (Å²) in [5.41, 5.74) is 11.6. The molecule has 12 heteroatoms. The van der Waals surface area contributed by atoms with Gasteiger partial charge in [0.15, 0.2) is 0 Å². The first-order valence-corrected chi connectivity index (χ1v) is 17.9. The van der Waals surface area contributed by atoms with E-state index in [4.69, 9.17) is 9.97 Å². The zero-order chi connectivity index (χ0) is 35.3. The Bertz CT molecular complexity index is 2440. The summed E-state index contributed by atoms with van der Waals surface area (Å²) in [4.78, 5) is 23.4. The van der Waals surface area contributed by atoms with Gasteiger partial charge < -0.3 is 29.2 Å². The molecule has 0 amide bonds. The van der Waals surface area contributed by atoms with E-state index in [1.165, 1.54) is 11.1 Å². The van der Waals surface area contributed by atoms with Crippen molar-refractivity contribution in [2.45, 2.75) is 24.3 Å². The number of hydrogen-bond acceptors (Lipinski definition) is 6. The third-order valence-corrected chi connectivity index (χ3v) is 10.6. The van der Waals surface area contributed by atoms with Gasteiger partial charge in [0.2, 0.25) is 0 Å². The molecule has 8 bridgehead atoms. The molecular formula is C44H46Cl4N8. The standard InChI is InChI=1S/C44H42N8.4ClH/c1-48-23-9-5-13-36(48)41-35-22-21-33(47-35)28-32-18-17-30(45-32)27-31-19-20-34(46-31)29-39-42(37-14-6-10-24-49(37)2)43(38-15-7-11-25-50(38)3)44(41)52(39)40-16-8-12-26-51(40)4;;;;/h5-29,36-38,40,45H,1-4H3;4*1H. The van der Waals surface area contributed by atoms with Crippen molar-refractivity contribution in [3.05, 3.63) is 168 Å². The molecule has 8 nitrogen and oxygen atoms in total. The van der Waals surface area contributed by atoms with Gasteiger partial charge in [0.1, 0.15) is 6.17 Å². The van der Waals surface area contributed by atoms with Crippen LogP contribution in [0.1, 0.15) is 63.8 Å². The summed E-state index contributed by atoms with van der Waals surface area (Å²) in [6, 6.07) is 10.5. The van der Waals surface area contributed by atoms with Crippen molar-refractivity contribution in [3.8, 4) is 0 Å². The average molecular weight is 829 g/mol. The van der Waals surface area contributed by atoms with Crippen LogP contribution in [-0.4, -0.2) is 67.3 Å². The molecule has 56 heavy (non-hydrogen) atoms. The fourth-order valence-electron chi connectivity index (χ4n) is 8.08. The van der Waals surface area contributed by atoms with E-state index in [0.29, 0.717) is 0 Å². The summed E-state index contributed by atoms with van der Waals surface area (Å²) in [6.07, 6.45) is 43.5. The third kappa shape index (κ3) is 7.54. The molecular weight excluding hydrogens is 782 g/mol. The molecule has 4 atom stereocenters. The summed E-state index contributed by atoms with van der Waals surface area (Å²) < 4.78 is 2.55. The van der Waals surface area contributed by atoms with Crippen molar-refractivity contribution in [3.63, 3.8) is 0 Å². The van der Waals surface area contributed by atoms with Crippen LogP contribution >= 0.6 is 49.6 Å². The monoisotopic (exact) mass is 826 g/mol. The highest BCUT2D eigenvalue weighted by atomic mass is 35.5. The Balaban J connectivity index is 0.00000150. The van der Waals surface area contributed by atoms with Gasteiger partial charge in [-0.1, -0.05) is 42.5 Å². The Morgan fingerprint density at radius 1 is 0.482 bits per heavy atom. The van der Waals surface area contributed by atoms with Gasteiger partial charge in [0.05, 0.1) is 51.9 Å². The number of fused-ring (bicyclic) bond motifs is 8. The van der Waals surface area contributed by atoms with E-state index < -0.39 is 0 Å². The molecule has 0 saturated heterocycles. The van der Waals surface area contributed by atoms with E-state index in [1.54, 1.807) is 0 Å². The van der Waals surface area contributed by atoms with Crippen LogP contribution < -0.4 is 0 Å². The van der Waals surface area contributed by atoms with Crippen molar-refractivity contribution in [1.82, 2.24) is 39.1 Å². The quantitative estimate of drug-likeness (QED) is 0.195. The summed E-state index contributed by atoms with van der Waals surface area (Å²) in [6.45, 7) is 0. The second kappa shape index (κ2) is 17.3. The molecule has 6 aliphatic heterocycles. The van der Waals surface area contributed by atoms with Crippen LogP contribution in [0.2, 0.25) is 0 Å². The summed E-state index contributed by atoms with van der Waals surface area (Å²) >= 11 is 0. The zero-order valence-corrected chi connectivity index (χ0v) is 34.8. The molecule has 3 aromatic heterocycles. The summed E-state index contributed by atoms with van der Waals surface area (Å²) in [5, 5.41) is 0. The van der Waals surface area contributed by atoms with Crippen LogP contribution in [0.5, 0.6) is 0 Å². The van der Waals surface area contributed by atoms with Crippen molar-refractivity contribution in [2.24, 2.45) is 0 Å². The topological polar surface area (TPSA) is 59.5 Å². The number of H-pyrrole nitrogens is 1. The van der Waals surface area contributed by atoms with Crippen LogP contribution in [0.25, 0.3) is 46.4 Å². The largest absolute Gasteiger partial charge is 0.370 e. The SMILES string of the molecule is CN1C=CC=CC1c1c(C2C=CC=CN2C)c2c(C3C=CC=CN3C)c3nc(cc4ccc(cc5nc(cc1n2C1C=CC=CN1C)C=C5)[nH]4)C=C3.Cl.Cl.Cl.Cl. The minimum Gasteiger partial charge on any atom is -0.370 e. The molecule has 6 aliphatic rings. The van der Waals surface area contributed by atoms with E-state index in [9.17, 15) is 0 Å². The Labute approximate surface area is 353 Å². The number of nitrogens with one attached hydrogen (secondary N) is 1. The summed E-state index contributed by atoms with van der Waals surface area (Å²) in [5.74, 6) is 0. The Morgan fingerprint density at radius 3 is 1.50 bits per heavy atom. The fourth-order valence-corrected chi connectivity index (χ4v) is 8.08. The molecule has 0 saturated carbocycles. The molecule has 0 spiro atoms. The number of aromatic nitrogens is 4. The van der Waals surface area contributed by atoms with Crippen LogP contribution in [0.4, 0.5) is 0 Å². The lowest BCUT2D eigenvalue weighted by Crippen LogP contribution is -2.27. The van der Waals surface area contributed by atoms with Gasteiger partial charge in [-0.05, 0) is 104 Å². The van der Waals surface area contributed by atoms with Crippen molar-refractivity contribution < 1.29 is 0 Å². The molecule has 3 aromatic rings. The molecule has 1 N–H and O–H groups in total. The smallest absolute Gasteiger partial charge is 0.125 e. The van der Waals surface area contributed by atoms with Crippen molar-refractivity contribution in [1.29, 1.82) is 0 Å². The van der Waals surface area contributed by atoms with Gasteiger partial charge in [0, 0.05) is 62.1 Å². The molecule has 0 aromatic carbocycles. The van der Waals surface area contributed by atoms with Gasteiger partial charge >= 0.3 is 0 Å². The lowest BCUT2D eigenvalue weighted by atomic mass is 9.90. The average Bonchev–Trinajstić information content (AvgIpc) is 3.95. The maximum Gasteiger partial charge on any atom is 0.125 e. The minimum absolute atomic E-state index is 0. The van der Waals surface area contributed by atoms with Crippen molar-refractivity contribution >= 4 is 96.0 Å². The summed E-state index contributed by atoms with van der Waals surface area (Å²) in [7, 11) is 8.67. The highest BCUT2D eigenvalue weighted by Gasteiger charge is 2.36. The number of likely N-dealkylation sites (N-methyl/N-ethyl adjacent to an activating group) is 4. The molecule has 9 rings (SSSR count). The Kier molecular flexibility index (Phi) is 13.0. The Morgan fingerprint density at radius 2 is 0.946 bits per heavy atom. The van der Waals surface area contributed by atoms with Gasteiger partial charge in [0.25, 0.3) is 0 Å². The number of nitrogens with zero attached hydrogens (tertiary/aromatic N) is 7. The van der Waals surface area contributed by atoms with Gasteiger partial charge in [-0.2, -0.15) is 0 Å². The van der Waals surface area contributed by atoms with Gasteiger partial charge in [-0.3, -0.25) is 0 Å². The Hall–Kier alpha value is -5.12. The van der Waals surface area contributed by atoms with Crippen molar-refractivity contribution in [2.75, 3.05) is 28.2 Å². The first-order valence-electron chi connectivity index (χ1n) is 17.9. The van der Waals surface area contributed by atoms with E-state index in [1.807, 2.05) is 0 Å². The molecule has 0 fully saturated rings. The lowest BCUT2D eigenvalue weighted by molar-refractivity contribution is 0.310. The van der Waals surface area contributed by atoms with E-state index in [2.05, 4.69) is 210 Å². The molecule has 0 radical (unpaired) electrons. The second-order valence-electron chi connectivity index (χ2n) is 14.0. The first kappa shape index (κ1) is 42.0. The van der Waals surface area contributed by atoms with Crippen LogP contribution in [0.15, 0.2) is 128 Å². The predicted octanol–water partition coefficient (Wildman–Crippen LogP) is 10.5. The van der Waals surface area contributed by atoms with Crippen LogP contribution in [0.3, 0.4) is 0 Å². The normalized spacial score (nSPS) is 21.2. The van der Waals surface area contributed by atoms with Crippen LogP contribution in [0, 0.1) is 0 Å². The number of allylic oxidation sites excluding steroid dienone is 8. The third-order valence-electron chi connectivity index (χ3n) is 10.6. The molecule has 0 aliphatic carbocycles. The maximum atomic E-state index is 5.41. The van der Waals surface area contributed by atoms with E-state index in [0.717, 1.165) is 50.4 Å². The van der Waals surface area contributed by atoms with Gasteiger partial charge in [-0.25, -0.2) is 9.97 Å². The van der Waals surface area contributed by atoms with Crippen LogP contribution in [-0.2, 0) is 0 Å². The number of rotatable bonds is 4. The highest BCUT2D eigenvalue weighted by molar-refractivity contribution is 5.87. The highest BCUT2D eigenvalue weighted by Crippen LogP contribution is 2.47. The zero-order valence-electron chi connectivity index (χ0n) is 31.5. The number of hydrogen-bond donors (Lipinski definition) is 1. The maximum absolute atomic E-state index is 5.41. The molecule has 9 heterocycles. The first-order chi connectivity index (χ1) is 25.4. The molecule has 4 unspecified atom stereocenters. The lowest BCUT2D eigenvalue weighted by Gasteiger charge is -2.34. The number of halogens is 4. The predicted molar refractivity (Wildman–Crippen MR) is 243 cm³/mol. The van der Waals surface area contributed by atoms with E-state index >= 15 is 0 Å². The second-order valence-corrected chi connectivity index (χ2v) is 14.0. The molecule has 290 valence electrons. The minimum atomic E-state index is -0.125. The van der Waals surface area contributed by atoms with Gasteiger partial charge in [-0.15, -0.1) is 49.6 Å². The number of aromatic amines is 1.